The number of piperazine rings is 1. The smallest absolute Gasteiger partial charge is 0.271 e. The highest BCUT2D eigenvalue weighted by molar-refractivity contribution is 6.33. The average molecular weight is 544 g/mol. The maximum atomic E-state index is 13.2. The molecule has 1 fully saturated rings. The van der Waals surface area contributed by atoms with Crippen molar-refractivity contribution in [2.45, 2.75) is 6.54 Å². The van der Waals surface area contributed by atoms with Crippen LogP contribution in [-0.4, -0.2) is 67.9 Å². The van der Waals surface area contributed by atoms with Crippen LogP contribution in [-0.2, 0) is 11.3 Å². The Morgan fingerprint density at radius 2 is 1.86 bits per heavy atom. The number of nitrogens with zero attached hydrogens (tertiary/aromatic N) is 2. The lowest BCUT2D eigenvalue weighted by Crippen LogP contribution is -2.46. The first-order chi connectivity index (χ1) is 17.9. The van der Waals surface area contributed by atoms with Crippen molar-refractivity contribution in [1.82, 2.24) is 25.8 Å². The van der Waals surface area contributed by atoms with Crippen molar-refractivity contribution in [3.8, 4) is 0 Å². The molecule has 196 valence electrons. The molecular formula is C26H31Cl2N7O2. The monoisotopic (exact) mass is 543 g/mol. The summed E-state index contributed by atoms with van der Waals surface area (Å²) in [5.41, 5.74) is 9.17. The molecule has 0 aliphatic carbocycles. The number of nitrogens with one attached hydrogen (secondary N) is 4. The van der Waals surface area contributed by atoms with Crippen molar-refractivity contribution in [3.63, 3.8) is 0 Å². The lowest BCUT2D eigenvalue weighted by Gasteiger charge is -2.32. The first kappa shape index (κ1) is 26.7. The van der Waals surface area contributed by atoms with Gasteiger partial charge in [0, 0.05) is 74.2 Å². The Hall–Kier alpha value is -3.40. The average Bonchev–Trinajstić information content (AvgIpc) is 2.90. The van der Waals surface area contributed by atoms with E-state index < -0.39 is 0 Å². The van der Waals surface area contributed by atoms with E-state index in [4.69, 9.17) is 28.9 Å². The highest BCUT2D eigenvalue weighted by Gasteiger charge is 2.21. The summed E-state index contributed by atoms with van der Waals surface area (Å²) in [5, 5.41) is 13.4. The predicted molar refractivity (Wildman–Crippen MR) is 147 cm³/mol. The number of allylic oxidation sites excluding steroid dienone is 1. The summed E-state index contributed by atoms with van der Waals surface area (Å²) in [6, 6.07) is 12.3. The summed E-state index contributed by atoms with van der Waals surface area (Å²) in [4.78, 5) is 29.9. The molecule has 0 atom stereocenters. The first-order valence-corrected chi connectivity index (χ1v) is 12.8. The third kappa shape index (κ3) is 6.68. The number of benzene rings is 2. The van der Waals surface area contributed by atoms with Gasteiger partial charge >= 0.3 is 0 Å². The van der Waals surface area contributed by atoms with Crippen molar-refractivity contribution in [1.29, 1.82) is 0 Å². The molecule has 9 nitrogen and oxygen atoms in total. The first-order valence-electron chi connectivity index (χ1n) is 12.1. The van der Waals surface area contributed by atoms with Crippen LogP contribution >= 0.6 is 23.2 Å². The molecule has 0 aromatic heterocycles. The summed E-state index contributed by atoms with van der Waals surface area (Å²) in [6.07, 6.45) is 1.70. The molecule has 2 aromatic rings. The molecule has 0 saturated carbocycles. The largest absolute Gasteiger partial charge is 0.384 e. The second kappa shape index (κ2) is 12.2. The zero-order valence-electron chi connectivity index (χ0n) is 20.6. The van der Waals surface area contributed by atoms with Crippen molar-refractivity contribution < 1.29 is 9.59 Å². The van der Waals surface area contributed by atoms with E-state index in [1.54, 1.807) is 49.5 Å². The highest BCUT2D eigenvalue weighted by atomic mass is 35.5. The minimum Gasteiger partial charge on any atom is -0.384 e. The van der Waals surface area contributed by atoms with Crippen LogP contribution in [0.15, 0.2) is 65.8 Å². The minimum absolute atomic E-state index is 0.0523. The van der Waals surface area contributed by atoms with Gasteiger partial charge in [-0.15, -0.1) is 0 Å². The van der Waals surface area contributed by atoms with Crippen LogP contribution in [0, 0.1) is 0 Å². The number of halogens is 2. The second-order valence-electron chi connectivity index (χ2n) is 8.77. The number of hydrogen-bond donors (Lipinski definition) is 5. The fourth-order valence-corrected chi connectivity index (χ4v) is 4.65. The van der Waals surface area contributed by atoms with Gasteiger partial charge in [0.2, 0.25) is 0 Å². The quantitative estimate of drug-likeness (QED) is 0.340. The van der Waals surface area contributed by atoms with E-state index in [1.165, 1.54) is 0 Å². The fourth-order valence-electron chi connectivity index (χ4n) is 4.28. The Kier molecular flexibility index (Phi) is 8.81. The molecule has 2 heterocycles. The number of likely N-dealkylation sites (N-methyl/N-ethyl adjacent to an activating group) is 1. The van der Waals surface area contributed by atoms with Crippen molar-refractivity contribution in [3.05, 3.63) is 86.9 Å². The molecule has 2 aromatic carbocycles. The van der Waals surface area contributed by atoms with E-state index in [0.717, 1.165) is 18.7 Å². The number of hydrogen-bond acceptors (Lipinski definition) is 7. The van der Waals surface area contributed by atoms with Gasteiger partial charge in [-0.3, -0.25) is 9.59 Å². The lowest BCUT2D eigenvalue weighted by molar-refractivity contribution is -0.113. The van der Waals surface area contributed by atoms with Crippen LogP contribution in [0.25, 0.3) is 0 Å². The van der Waals surface area contributed by atoms with E-state index in [1.807, 2.05) is 15.9 Å². The zero-order chi connectivity index (χ0) is 26.4. The number of anilines is 1. The maximum absolute atomic E-state index is 13.2. The summed E-state index contributed by atoms with van der Waals surface area (Å²) in [7, 11) is 1.67. The molecule has 1 saturated heterocycles. The fraction of sp³-hybridized carbons (Fsp3) is 0.308. The van der Waals surface area contributed by atoms with Crippen LogP contribution in [0.4, 0.5) is 5.69 Å². The third-order valence-corrected chi connectivity index (χ3v) is 6.85. The molecule has 0 bridgehead atoms. The van der Waals surface area contributed by atoms with Gasteiger partial charge in [-0.25, -0.2) is 0 Å². The van der Waals surface area contributed by atoms with E-state index in [0.29, 0.717) is 71.2 Å². The van der Waals surface area contributed by atoms with E-state index in [2.05, 4.69) is 21.3 Å². The van der Waals surface area contributed by atoms with Gasteiger partial charge in [0.15, 0.2) is 0 Å². The van der Waals surface area contributed by atoms with Gasteiger partial charge in [0.05, 0.1) is 5.70 Å². The van der Waals surface area contributed by atoms with Crippen LogP contribution in [0.5, 0.6) is 0 Å². The SMILES string of the molecule is CN/C(=C\C1=C(N)NCCN1Cc1cc(Cl)ccc1Cl)C(=O)Nc1cccc(C(=O)N2CCNCC2)c1. The molecule has 2 amide bonds. The number of rotatable bonds is 7. The zero-order valence-corrected chi connectivity index (χ0v) is 22.1. The minimum atomic E-state index is -0.360. The van der Waals surface area contributed by atoms with Crippen molar-refractivity contribution in [2.24, 2.45) is 5.73 Å². The second-order valence-corrected chi connectivity index (χ2v) is 9.61. The normalized spacial score (nSPS) is 16.4. The van der Waals surface area contributed by atoms with Gasteiger partial charge in [0.1, 0.15) is 11.5 Å². The Labute approximate surface area is 226 Å². The Bertz CT molecular complexity index is 1230. The van der Waals surface area contributed by atoms with Gasteiger partial charge in [-0.1, -0.05) is 29.3 Å². The highest BCUT2D eigenvalue weighted by Crippen LogP contribution is 2.25. The molecule has 0 radical (unpaired) electrons. The molecule has 2 aliphatic rings. The van der Waals surface area contributed by atoms with Gasteiger partial charge < -0.3 is 36.8 Å². The molecule has 0 spiro atoms. The summed E-state index contributed by atoms with van der Waals surface area (Å²) >= 11 is 12.6. The molecule has 2 aliphatic heterocycles. The summed E-state index contributed by atoms with van der Waals surface area (Å²) < 4.78 is 0. The van der Waals surface area contributed by atoms with Gasteiger partial charge in [-0.05, 0) is 48.0 Å². The van der Waals surface area contributed by atoms with Gasteiger partial charge in [-0.2, -0.15) is 0 Å². The van der Waals surface area contributed by atoms with Crippen LogP contribution in [0.2, 0.25) is 10.0 Å². The molecule has 11 heteroatoms. The standard InChI is InChI=1S/C26H31Cl2N7O2/c1-30-22(15-23-24(29)32-9-12-35(23)16-18-13-19(27)5-6-21(18)28)25(36)33-20-4-2-3-17(14-20)26(37)34-10-7-31-8-11-34/h2-6,13-15,30-32H,7-12,16,29H2,1H3,(H,33,36)/b22-15-. The van der Waals surface area contributed by atoms with Crippen LogP contribution < -0.4 is 27.0 Å². The molecule has 37 heavy (non-hydrogen) atoms. The van der Waals surface area contributed by atoms with E-state index >= 15 is 0 Å². The summed E-state index contributed by atoms with van der Waals surface area (Å²) in [6.45, 7) is 4.63. The van der Waals surface area contributed by atoms with Gasteiger partial charge in [0.25, 0.3) is 11.8 Å². The van der Waals surface area contributed by atoms with E-state index in [-0.39, 0.29) is 11.8 Å². The molecule has 0 unspecified atom stereocenters. The Balaban J connectivity index is 1.52. The lowest BCUT2D eigenvalue weighted by atomic mass is 10.1. The van der Waals surface area contributed by atoms with Crippen LogP contribution in [0.1, 0.15) is 15.9 Å². The van der Waals surface area contributed by atoms with E-state index in [9.17, 15) is 9.59 Å². The number of amides is 2. The number of nitrogens with two attached hydrogens (primary N) is 1. The number of carbonyl (C=O) groups is 2. The van der Waals surface area contributed by atoms with Crippen LogP contribution in [0.3, 0.4) is 0 Å². The predicted octanol–water partition coefficient (Wildman–Crippen LogP) is 2.31. The Morgan fingerprint density at radius 3 is 2.62 bits per heavy atom. The topological polar surface area (TPSA) is 115 Å². The maximum Gasteiger partial charge on any atom is 0.271 e. The molecular weight excluding hydrogens is 513 g/mol. The molecule has 4 rings (SSSR count). The summed E-state index contributed by atoms with van der Waals surface area (Å²) in [5.74, 6) is 0.0398. The molecule has 6 N–H and O–H groups in total. The number of carbonyl (C=O) groups excluding carboxylic acids is 2. The Morgan fingerprint density at radius 1 is 1.08 bits per heavy atom. The van der Waals surface area contributed by atoms with Crippen molar-refractivity contribution in [2.75, 3.05) is 51.6 Å². The third-order valence-electron chi connectivity index (χ3n) is 6.25. The van der Waals surface area contributed by atoms with Crippen molar-refractivity contribution >= 4 is 40.7 Å².